The molecule has 3 aromatic carbocycles. The number of carbonyl (C=O) groups is 3. The first-order chi connectivity index (χ1) is 20.3. The average molecular weight is 557 g/mol. The number of ketones is 2. The summed E-state index contributed by atoms with van der Waals surface area (Å²) in [4.78, 5) is 60.6. The molecule has 4 atom stereocenters. The molecule has 206 valence electrons. The van der Waals surface area contributed by atoms with Gasteiger partial charge in [-0.05, 0) is 54.5 Å². The highest BCUT2D eigenvalue weighted by Crippen LogP contribution is 2.58. The standard InChI is InChI=1S/C33H24N4O5/c1-19-17-27-33(24-9-3-4-10-25(24)35-32(33)40)28(30(38)21-7-6-16-34-18-21)29(36(27)26-11-5-2-8-23(19)26)31(39)20-12-14-22(15-13-20)37(41)42/h2-18,27-29H,1H3,(H,35,40)/t27-,28+,29-,33+/m1/s1. The van der Waals surface area contributed by atoms with E-state index in [1.165, 1.54) is 30.5 Å². The summed E-state index contributed by atoms with van der Waals surface area (Å²) in [6.07, 6.45) is 5.00. The number of fused-ring (bicyclic) bond motifs is 6. The minimum atomic E-state index is -1.45. The number of pyridine rings is 1. The lowest BCUT2D eigenvalue weighted by molar-refractivity contribution is -0.384. The number of amides is 1. The number of anilines is 2. The Morgan fingerprint density at radius 2 is 1.67 bits per heavy atom. The van der Waals surface area contributed by atoms with Gasteiger partial charge in [-0.25, -0.2) is 0 Å². The van der Waals surface area contributed by atoms with E-state index in [9.17, 15) is 24.5 Å². The maximum Gasteiger partial charge on any atom is 0.269 e. The minimum absolute atomic E-state index is 0.152. The SMILES string of the molecule is CC1=C[C@H]2N(c3ccccc31)[C@@H](C(=O)c1ccc([N+](=O)[O-])cc1)[C@@H](C(=O)c1cccnc1)[C@@]21C(=O)Nc2ccccc21. The van der Waals surface area contributed by atoms with Gasteiger partial charge in [0.2, 0.25) is 5.91 Å². The van der Waals surface area contributed by atoms with Gasteiger partial charge in [-0.15, -0.1) is 0 Å². The predicted octanol–water partition coefficient (Wildman–Crippen LogP) is 5.24. The van der Waals surface area contributed by atoms with Crippen LogP contribution in [0.2, 0.25) is 0 Å². The van der Waals surface area contributed by atoms with Crippen LogP contribution in [0.15, 0.2) is 103 Å². The van der Waals surface area contributed by atoms with Gasteiger partial charge in [-0.1, -0.05) is 42.5 Å². The van der Waals surface area contributed by atoms with Crippen LogP contribution in [0.25, 0.3) is 5.57 Å². The molecule has 1 spiro atoms. The van der Waals surface area contributed by atoms with Gasteiger partial charge in [0.1, 0.15) is 11.5 Å². The van der Waals surface area contributed by atoms with Crippen molar-refractivity contribution in [1.82, 2.24) is 4.98 Å². The molecular weight excluding hydrogens is 532 g/mol. The third kappa shape index (κ3) is 3.43. The monoisotopic (exact) mass is 556 g/mol. The van der Waals surface area contributed by atoms with Crippen LogP contribution < -0.4 is 10.2 Å². The van der Waals surface area contributed by atoms with E-state index in [1.54, 1.807) is 24.4 Å². The lowest BCUT2D eigenvalue weighted by Gasteiger charge is -2.39. The summed E-state index contributed by atoms with van der Waals surface area (Å²) >= 11 is 0. The van der Waals surface area contributed by atoms with Gasteiger partial charge < -0.3 is 10.2 Å². The van der Waals surface area contributed by atoms with E-state index in [4.69, 9.17) is 0 Å². The summed E-state index contributed by atoms with van der Waals surface area (Å²) < 4.78 is 0. The maximum atomic E-state index is 14.7. The zero-order valence-corrected chi connectivity index (χ0v) is 22.4. The van der Waals surface area contributed by atoms with Crippen molar-refractivity contribution in [3.8, 4) is 0 Å². The highest BCUT2D eigenvalue weighted by Gasteiger charge is 2.70. The molecule has 1 N–H and O–H groups in total. The minimum Gasteiger partial charge on any atom is -0.352 e. The second kappa shape index (κ2) is 9.31. The Bertz CT molecular complexity index is 1830. The molecule has 4 heterocycles. The Hall–Kier alpha value is -5.44. The second-order valence-electron chi connectivity index (χ2n) is 10.8. The van der Waals surface area contributed by atoms with E-state index in [-0.39, 0.29) is 28.5 Å². The first-order valence-electron chi connectivity index (χ1n) is 13.5. The van der Waals surface area contributed by atoms with E-state index in [0.717, 1.165) is 16.8 Å². The fourth-order valence-corrected chi connectivity index (χ4v) is 6.99. The summed E-state index contributed by atoms with van der Waals surface area (Å²) in [5.74, 6) is -2.29. The van der Waals surface area contributed by atoms with Crippen molar-refractivity contribution < 1.29 is 19.3 Å². The smallest absolute Gasteiger partial charge is 0.269 e. The number of nitrogens with zero attached hydrogens (tertiary/aromatic N) is 3. The van der Waals surface area contributed by atoms with Gasteiger partial charge in [0.15, 0.2) is 11.6 Å². The Labute approximate surface area is 240 Å². The molecule has 0 aliphatic carbocycles. The highest BCUT2D eigenvalue weighted by atomic mass is 16.6. The first-order valence-corrected chi connectivity index (χ1v) is 13.5. The van der Waals surface area contributed by atoms with E-state index < -0.39 is 34.1 Å². The predicted molar refractivity (Wildman–Crippen MR) is 156 cm³/mol. The Kier molecular flexibility index (Phi) is 5.65. The largest absolute Gasteiger partial charge is 0.352 e. The van der Waals surface area contributed by atoms with Gasteiger partial charge in [0, 0.05) is 52.6 Å². The molecule has 9 heteroatoms. The number of nitro groups is 1. The molecule has 7 rings (SSSR count). The third-order valence-electron chi connectivity index (χ3n) is 8.74. The second-order valence-corrected chi connectivity index (χ2v) is 10.8. The van der Waals surface area contributed by atoms with E-state index in [2.05, 4.69) is 10.3 Å². The van der Waals surface area contributed by atoms with E-state index >= 15 is 0 Å². The van der Waals surface area contributed by atoms with E-state index in [1.807, 2.05) is 60.4 Å². The van der Waals surface area contributed by atoms with Gasteiger partial charge in [0.25, 0.3) is 5.69 Å². The molecule has 3 aliphatic rings. The van der Waals surface area contributed by atoms with Crippen LogP contribution >= 0.6 is 0 Å². The van der Waals surface area contributed by atoms with E-state index in [0.29, 0.717) is 11.3 Å². The zero-order chi connectivity index (χ0) is 29.2. The van der Waals surface area contributed by atoms with Crippen LogP contribution in [0.1, 0.15) is 38.8 Å². The van der Waals surface area contributed by atoms with Gasteiger partial charge in [-0.3, -0.25) is 29.5 Å². The number of benzene rings is 3. The molecule has 42 heavy (non-hydrogen) atoms. The molecule has 0 bridgehead atoms. The van der Waals surface area contributed by atoms with Crippen LogP contribution in [0.5, 0.6) is 0 Å². The van der Waals surface area contributed by atoms with Crippen molar-refractivity contribution >= 4 is 40.1 Å². The fraction of sp³-hybridized carbons (Fsp3) is 0.152. The topological polar surface area (TPSA) is 123 Å². The summed E-state index contributed by atoms with van der Waals surface area (Å²) in [5, 5.41) is 14.3. The number of Topliss-reactive ketones (excluding diaryl/α,β-unsaturated/α-hetero) is 2. The first kappa shape index (κ1) is 25.5. The molecular formula is C33H24N4O5. The number of allylic oxidation sites excluding steroid dienone is 1. The number of rotatable bonds is 5. The van der Waals surface area contributed by atoms with Gasteiger partial charge in [-0.2, -0.15) is 0 Å². The molecule has 9 nitrogen and oxygen atoms in total. The number of nitro benzene ring substituents is 1. The average Bonchev–Trinajstić information content (AvgIpc) is 3.49. The molecule has 0 saturated carbocycles. The van der Waals surface area contributed by atoms with Crippen molar-refractivity contribution in [2.75, 3.05) is 10.2 Å². The molecule has 4 aromatic rings. The van der Waals surface area contributed by atoms with Gasteiger partial charge >= 0.3 is 0 Å². The Balaban J connectivity index is 1.53. The van der Waals surface area contributed by atoms with Crippen molar-refractivity contribution in [2.24, 2.45) is 5.92 Å². The Morgan fingerprint density at radius 3 is 2.40 bits per heavy atom. The molecule has 0 radical (unpaired) electrons. The molecule has 0 unspecified atom stereocenters. The van der Waals surface area contributed by atoms with Crippen molar-refractivity contribution in [1.29, 1.82) is 0 Å². The van der Waals surface area contributed by atoms with Crippen molar-refractivity contribution in [2.45, 2.75) is 24.4 Å². The summed E-state index contributed by atoms with van der Waals surface area (Å²) in [6, 6.07) is 21.8. The summed E-state index contributed by atoms with van der Waals surface area (Å²) in [7, 11) is 0. The molecule has 1 saturated heterocycles. The number of non-ortho nitro benzene ring substituents is 1. The molecule has 1 fully saturated rings. The van der Waals surface area contributed by atoms with Crippen molar-refractivity contribution in [3.63, 3.8) is 0 Å². The molecule has 1 aromatic heterocycles. The maximum absolute atomic E-state index is 14.7. The Morgan fingerprint density at radius 1 is 0.929 bits per heavy atom. The zero-order valence-electron chi connectivity index (χ0n) is 22.4. The number of aromatic nitrogens is 1. The number of hydrogen-bond donors (Lipinski definition) is 1. The van der Waals surface area contributed by atoms with Gasteiger partial charge in [0.05, 0.1) is 16.9 Å². The van der Waals surface area contributed by atoms with Crippen LogP contribution in [-0.2, 0) is 10.2 Å². The highest BCUT2D eigenvalue weighted by molar-refractivity contribution is 6.18. The third-order valence-corrected chi connectivity index (χ3v) is 8.74. The van der Waals surface area contributed by atoms with Crippen LogP contribution in [0.4, 0.5) is 17.1 Å². The lowest BCUT2D eigenvalue weighted by atomic mass is 9.64. The number of para-hydroxylation sites is 2. The normalized spacial score (nSPS) is 23.5. The number of hydrogen-bond acceptors (Lipinski definition) is 7. The molecule has 3 aliphatic heterocycles. The van der Waals surface area contributed by atoms with Crippen LogP contribution in [-0.4, -0.2) is 39.5 Å². The van der Waals surface area contributed by atoms with Crippen LogP contribution in [0, 0.1) is 16.0 Å². The molecule has 1 amide bonds. The summed E-state index contributed by atoms with van der Waals surface area (Å²) in [6.45, 7) is 1.96. The number of carbonyl (C=O) groups excluding carboxylic acids is 3. The summed E-state index contributed by atoms with van der Waals surface area (Å²) in [5.41, 5.74) is 2.71. The quantitative estimate of drug-likeness (QED) is 0.203. The lowest BCUT2D eigenvalue weighted by Crippen LogP contribution is -2.51. The fourth-order valence-electron chi connectivity index (χ4n) is 6.99. The van der Waals surface area contributed by atoms with Crippen molar-refractivity contribution in [3.05, 3.63) is 136 Å². The van der Waals surface area contributed by atoms with Crippen LogP contribution in [0.3, 0.4) is 0 Å². The number of nitrogens with one attached hydrogen (secondary N) is 1.